The van der Waals surface area contributed by atoms with Gasteiger partial charge < -0.3 is 14.8 Å². The van der Waals surface area contributed by atoms with Gasteiger partial charge >= 0.3 is 5.97 Å². The quantitative estimate of drug-likeness (QED) is 0.841. The molecule has 6 heteroatoms. The lowest BCUT2D eigenvalue weighted by Crippen LogP contribution is -2.42. The van der Waals surface area contributed by atoms with Crippen LogP contribution in [0.15, 0.2) is 16.5 Å². The molecule has 0 aliphatic rings. The third-order valence-electron chi connectivity index (χ3n) is 3.33. The van der Waals surface area contributed by atoms with Gasteiger partial charge in [0.1, 0.15) is 12.3 Å². The number of amides is 1. The maximum absolute atomic E-state index is 11.7. The Labute approximate surface area is 125 Å². The van der Waals surface area contributed by atoms with E-state index >= 15 is 0 Å². The summed E-state index contributed by atoms with van der Waals surface area (Å²) in [6, 6.07) is 3.35. The van der Waals surface area contributed by atoms with E-state index in [4.69, 9.17) is 9.52 Å². The lowest BCUT2D eigenvalue weighted by Gasteiger charge is -2.38. The fourth-order valence-electron chi connectivity index (χ4n) is 2.43. The second-order valence-electron chi connectivity index (χ2n) is 5.91. The summed E-state index contributed by atoms with van der Waals surface area (Å²) in [7, 11) is 0. The summed E-state index contributed by atoms with van der Waals surface area (Å²) in [6.45, 7) is 10.9. The van der Waals surface area contributed by atoms with E-state index in [1.165, 1.54) is 0 Å². The Kier molecular flexibility index (Phi) is 5.54. The highest BCUT2D eigenvalue weighted by Crippen LogP contribution is 2.28. The predicted octanol–water partition coefficient (Wildman–Crippen LogP) is 2.28. The fraction of sp³-hybridized carbons (Fsp3) is 0.600. The van der Waals surface area contributed by atoms with Gasteiger partial charge in [0.25, 0.3) is 5.91 Å². The standard InChI is InChI=1S/C15H24N2O4/c1-6-17(15(3,4)5)10(2)11-7-8-12(21-11)14(20)16-9-13(18)19/h7-8,10H,6,9H2,1-5H3,(H,16,20)(H,18,19). The van der Waals surface area contributed by atoms with E-state index in [0.29, 0.717) is 5.76 Å². The molecule has 1 atom stereocenters. The molecule has 0 aliphatic heterocycles. The number of nitrogens with one attached hydrogen (secondary N) is 1. The Morgan fingerprint density at radius 3 is 2.48 bits per heavy atom. The molecule has 1 aromatic rings. The van der Waals surface area contributed by atoms with E-state index < -0.39 is 18.4 Å². The summed E-state index contributed by atoms with van der Waals surface area (Å²) in [5.41, 5.74) is -0.0211. The zero-order valence-electron chi connectivity index (χ0n) is 13.3. The van der Waals surface area contributed by atoms with Crippen LogP contribution in [0.25, 0.3) is 0 Å². The van der Waals surface area contributed by atoms with Gasteiger partial charge in [0.05, 0.1) is 6.04 Å². The highest BCUT2D eigenvalue weighted by atomic mass is 16.4. The van der Waals surface area contributed by atoms with E-state index in [-0.39, 0.29) is 17.3 Å². The highest BCUT2D eigenvalue weighted by Gasteiger charge is 2.28. The number of hydrogen-bond acceptors (Lipinski definition) is 4. The summed E-state index contributed by atoms with van der Waals surface area (Å²) in [4.78, 5) is 24.4. The molecule has 1 aromatic heterocycles. The summed E-state index contributed by atoms with van der Waals surface area (Å²) >= 11 is 0. The largest absolute Gasteiger partial charge is 0.480 e. The topological polar surface area (TPSA) is 82.8 Å². The lowest BCUT2D eigenvalue weighted by molar-refractivity contribution is -0.135. The first kappa shape index (κ1) is 17.2. The zero-order chi connectivity index (χ0) is 16.2. The molecular formula is C15H24N2O4. The third kappa shape index (κ3) is 4.60. The van der Waals surface area contributed by atoms with Crippen LogP contribution in [0.5, 0.6) is 0 Å². The van der Waals surface area contributed by atoms with Crippen molar-refractivity contribution >= 4 is 11.9 Å². The minimum atomic E-state index is -1.09. The van der Waals surface area contributed by atoms with Crippen molar-refractivity contribution in [3.8, 4) is 0 Å². The van der Waals surface area contributed by atoms with Crippen molar-refractivity contribution < 1.29 is 19.1 Å². The second-order valence-corrected chi connectivity index (χ2v) is 5.91. The number of hydrogen-bond donors (Lipinski definition) is 2. The molecule has 0 radical (unpaired) electrons. The first-order chi connectivity index (χ1) is 9.66. The van der Waals surface area contributed by atoms with Gasteiger partial charge in [-0.2, -0.15) is 0 Å². The molecule has 0 saturated heterocycles. The van der Waals surface area contributed by atoms with E-state index in [0.717, 1.165) is 6.54 Å². The summed E-state index contributed by atoms with van der Waals surface area (Å²) in [6.07, 6.45) is 0. The van der Waals surface area contributed by atoms with Crippen LogP contribution >= 0.6 is 0 Å². The predicted molar refractivity (Wildman–Crippen MR) is 79.2 cm³/mol. The van der Waals surface area contributed by atoms with E-state index in [1.807, 2.05) is 6.92 Å². The first-order valence-corrected chi connectivity index (χ1v) is 7.03. The summed E-state index contributed by atoms with van der Waals surface area (Å²) in [5.74, 6) is -0.793. The highest BCUT2D eigenvalue weighted by molar-refractivity contribution is 5.93. The maximum atomic E-state index is 11.7. The SMILES string of the molecule is CCN(C(C)c1ccc(C(=O)NCC(=O)O)o1)C(C)(C)C. The van der Waals surface area contributed by atoms with Crippen LogP contribution in [-0.2, 0) is 4.79 Å². The van der Waals surface area contributed by atoms with Gasteiger partial charge in [-0.25, -0.2) is 0 Å². The normalized spacial score (nSPS) is 13.2. The van der Waals surface area contributed by atoms with Gasteiger partial charge in [0, 0.05) is 5.54 Å². The van der Waals surface area contributed by atoms with E-state index in [2.05, 4.69) is 37.9 Å². The summed E-state index contributed by atoms with van der Waals surface area (Å²) in [5, 5.41) is 10.8. The Hall–Kier alpha value is -1.82. The Morgan fingerprint density at radius 1 is 1.38 bits per heavy atom. The van der Waals surface area contributed by atoms with Gasteiger partial charge in [-0.15, -0.1) is 0 Å². The zero-order valence-corrected chi connectivity index (χ0v) is 13.3. The molecule has 1 amide bonds. The minimum absolute atomic E-state index is 0.0211. The van der Waals surface area contributed by atoms with Gasteiger partial charge in [-0.3, -0.25) is 14.5 Å². The summed E-state index contributed by atoms with van der Waals surface area (Å²) < 4.78 is 5.57. The Balaban J connectivity index is 2.82. The number of furan rings is 1. The molecule has 0 fully saturated rings. The first-order valence-electron chi connectivity index (χ1n) is 7.03. The molecule has 118 valence electrons. The van der Waals surface area contributed by atoms with Crippen LogP contribution < -0.4 is 5.32 Å². The van der Waals surface area contributed by atoms with E-state index in [1.54, 1.807) is 12.1 Å². The molecule has 0 spiro atoms. The van der Waals surface area contributed by atoms with Crippen LogP contribution in [0.1, 0.15) is 57.0 Å². The number of carbonyl (C=O) groups is 2. The van der Waals surface area contributed by atoms with Crippen molar-refractivity contribution in [2.24, 2.45) is 0 Å². The molecule has 1 heterocycles. The van der Waals surface area contributed by atoms with Crippen LogP contribution in [0, 0.1) is 0 Å². The van der Waals surface area contributed by atoms with Crippen molar-refractivity contribution in [3.05, 3.63) is 23.7 Å². The van der Waals surface area contributed by atoms with Crippen LogP contribution in [0.2, 0.25) is 0 Å². The van der Waals surface area contributed by atoms with Crippen molar-refractivity contribution in [2.75, 3.05) is 13.1 Å². The fourth-order valence-corrected chi connectivity index (χ4v) is 2.43. The number of carboxylic acid groups (broad SMARTS) is 1. The molecule has 0 saturated carbocycles. The van der Waals surface area contributed by atoms with Crippen molar-refractivity contribution in [1.29, 1.82) is 0 Å². The molecule has 6 nitrogen and oxygen atoms in total. The number of nitrogens with zero attached hydrogens (tertiary/aromatic N) is 1. The van der Waals surface area contributed by atoms with Gasteiger partial charge in [-0.05, 0) is 46.4 Å². The Bertz CT molecular complexity index is 502. The molecule has 1 unspecified atom stereocenters. The van der Waals surface area contributed by atoms with Crippen LogP contribution in [0.4, 0.5) is 0 Å². The van der Waals surface area contributed by atoms with Crippen LogP contribution in [0.3, 0.4) is 0 Å². The minimum Gasteiger partial charge on any atom is -0.480 e. The number of carbonyl (C=O) groups excluding carboxylic acids is 1. The third-order valence-corrected chi connectivity index (χ3v) is 3.33. The van der Waals surface area contributed by atoms with E-state index in [9.17, 15) is 9.59 Å². The van der Waals surface area contributed by atoms with Crippen molar-refractivity contribution in [2.45, 2.75) is 46.2 Å². The monoisotopic (exact) mass is 296 g/mol. The molecule has 2 N–H and O–H groups in total. The van der Waals surface area contributed by atoms with Gasteiger partial charge in [0.15, 0.2) is 5.76 Å². The maximum Gasteiger partial charge on any atom is 0.322 e. The van der Waals surface area contributed by atoms with Gasteiger partial charge in [-0.1, -0.05) is 6.92 Å². The lowest BCUT2D eigenvalue weighted by atomic mass is 10.0. The van der Waals surface area contributed by atoms with Gasteiger partial charge in [0.2, 0.25) is 0 Å². The molecule has 1 rings (SSSR count). The number of carboxylic acids is 1. The Morgan fingerprint density at radius 2 is 2.00 bits per heavy atom. The smallest absolute Gasteiger partial charge is 0.322 e. The molecule has 21 heavy (non-hydrogen) atoms. The van der Waals surface area contributed by atoms with Crippen molar-refractivity contribution in [1.82, 2.24) is 10.2 Å². The second kappa shape index (κ2) is 6.76. The molecule has 0 bridgehead atoms. The average molecular weight is 296 g/mol. The number of aliphatic carboxylic acids is 1. The average Bonchev–Trinajstić information content (AvgIpc) is 2.84. The van der Waals surface area contributed by atoms with Crippen LogP contribution in [-0.4, -0.2) is 40.5 Å². The molecular weight excluding hydrogens is 272 g/mol. The molecule has 0 aromatic carbocycles. The van der Waals surface area contributed by atoms with Crippen molar-refractivity contribution in [3.63, 3.8) is 0 Å². The number of rotatable bonds is 6. The molecule has 0 aliphatic carbocycles.